The Hall–Kier alpha value is -3.91. The van der Waals surface area contributed by atoms with E-state index in [9.17, 15) is 36.0 Å². The molecular weight excluding hydrogens is 577 g/mol. The number of Topliss-reactive ketones (excluding diaryl/α,β-unsaturated/α-hetero) is 2. The Morgan fingerprint density at radius 2 is 1.81 bits per heavy atom. The Morgan fingerprint density at radius 3 is 2.31 bits per heavy atom. The number of sulfonamides is 1. The van der Waals surface area contributed by atoms with E-state index < -0.39 is 51.6 Å². The third-order valence-corrected chi connectivity index (χ3v) is 8.19. The van der Waals surface area contributed by atoms with Gasteiger partial charge in [0.25, 0.3) is 5.91 Å². The van der Waals surface area contributed by atoms with Gasteiger partial charge in [0, 0.05) is 5.57 Å². The van der Waals surface area contributed by atoms with Crippen molar-refractivity contribution in [2.45, 2.75) is 46.1 Å². The summed E-state index contributed by atoms with van der Waals surface area (Å²) in [5.74, 6) is -4.53. The van der Waals surface area contributed by atoms with Crippen LogP contribution >= 0.6 is 0 Å². The number of benzene rings is 1. The van der Waals surface area contributed by atoms with E-state index in [0.717, 1.165) is 23.3 Å². The highest BCUT2D eigenvalue weighted by atomic mass is 32.2. The van der Waals surface area contributed by atoms with E-state index in [1.165, 1.54) is 24.3 Å². The molecule has 1 amide bonds. The van der Waals surface area contributed by atoms with E-state index in [4.69, 9.17) is 0 Å². The fourth-order valence-electron chi connectivity index (χ4n) is 4.70. The lowest BCUT2D eigenvalue weighted by atomic mass is 9.72. The number of amides is 1. The molecule has 0 bridgehead atoms. The number of anilines is 1. The molecule has 2 heterocycles. The number of hydrogen-bond acceptors (Lipinski definition) is 8. The number of ether oxygens (including phenoxy) is 1. The third kappa shape index (κ3) is 6.76. The fourth-order valence-corrected chi connectivity index (χ4v) is 5.11. The molecule has 3 unspecified atom stereocenters. The monoisotopic (exact) mass is 606 g/mol. The molecule has 1 aromatic carbocycles. The lowest BCUT2D eigenvalue weighted by molar-refractivity contribution is -0.274. The average Bonchev–Trinajstić information content (AvgIpc) is 3.17. The number of aromatic nitrogens is 2. The molecule has 0 saturated carbocycles. The first kappa shape index (κ1) is 31.0. The first-order valence-corrected chi connectivity index (χ1v) is 14.8. The van der Waals surface area contributed by atoms with Crippen LogP contribution in [0.1, 0.15) is 44.5 Å². The van der Waals surface area contributed by atoms with Crippen molar-refractivity contribution in [1.29, 1.82) is 0 Å². The van der Waals surface area contributed by atoms with Crippen LogP contribution in [0.15, 0.2) is 60.2 Å². The topological polar surface area (TPSA) is 136 Å². The zero-order chi connectivity index (χ0) is 31.0. The fraction of sp³-hybridized carbons (Fsp3) is 0.393. The molecule has 10 nitrogen and oxygen atoms in total. The zero-order valence-corrected chi connectivity index (χ0v) is 24.0. The molecule has 1 aliphatic heterocycles. The maximum atomic E-state index is 13.8. The summed E-state index contributed by atoms with van der Waals surface area (Å²) in [6.07, 6.45) is 1.83. The van der Waals surface area contributed by atoms with Crippen molar-refractivity contribution in [3.05, 3.63) is 71.5 Å². The molecule has 1 saturated heterocycles. The molecule has 3 atom stereocenters. The van der Waals surface area contributed by atoms with Crippen molar-refractivity contribution >= 4 is 33.3 Å². The standard InChI is InChI=1S/C28H29F3N4O6S/c1-16(2)27(3)13-11-18(12-14-27)24(36)22-23(17-5-8-20(9-6-17)41-28(29,30)31)35(26(38)25(22)37)21-10-7-19(33-34-21)15-32-42(4,39)40/h5-13,16,22-23,32H,14-15H2,1-4H3. The van der Waals surface area contributed by atoms with Crippen LogP contribution in [0.4, 0.5) is 19.0 Å². The van der Waals surface area contributed by atoms with Gasteiger partial charge in [-0.15, -0.1) is 18.3 Å². The molecule has 4 rings (SSSR count). The van der Waals surface area contributed by atoms with Crippen molar-refractivity contribution in [3.8, 4) is 5.75 Å². The van der Waals surface area contributed by atoms with Crippen molar-refractivity contribution in [2.75, 3.05) is 11.2 Å². The molecule has 1 N–H and O–H groups in total. The van der Waals surface area contributed by atoms with Gasteiger partial charge in [-0.3, -0.25) is 19.3 Å². The normalized spacial score (nSPS) is 23.0. The zero-order valence-electron chi connectivity index (χ0n) is 23.2. The number of alkyl halides is 3. The second kappa shape index (κ2) is 11.4. The predicted octanol–water partition coefficient (Wildman–Crippen LogP) is 3.82. The van der Waals surface area contributed by atoms with E-state index in [0.29, 0.717) is 6.42 Å². The van der Waals surface area contributed by atoms with Crippen LogP contribution in [0.2, 0.25) is 0 Å². The van der Waals surface area contributed by atoms with Crippen molar-refractivity contribution < 1.29 is 40.7 Å². The van der Waals surface area contributed by atoms with Crippen LogP contribution in [0, 0.1) is 17.3 Å². The van der Waals surface area contributed by atoms with Crippen molar-refractivity contribution in [2.24, 2.45) is 17.3 Å². The molecule has 224 valence electrons. The summed E-state index contributed by atoms with van der Waals surface area (Å²) in [4.78, 5) is 41.5. The number of ketones is 2. The van der Waals surface area contributed by atoms with Crippen LogP contribution in [0.3, 0.4) is 0 Å². The van der Waals surface area contributed by atoms with Gasteiger partial charge in [-0.25, -0.2) is 13.1 Å². The molecular formula is C28H29F3N4O6S. The second-order valence-electron chi connectivity index (χ2n) is 10.8. The van der Waals surface area contributed by atoms with Gasteiger partial charge in [-0.05, 0) is 47.6 Å². The van der Waals surface area contributed by atoms with Crippen LogP contribution in [-0.2, 0) is 31.0 Å². The molecule has 1 aromatic heterocycles. The quantitative estimate of drug-likeness (QED) is 0.336. The molecule has 2 aromatic rings. The average molecular weight is 607 g/mol. The number of nitrogens with one attached hydrogen (secondary N) is 1. The summed E-state index contributed by atoms with van der Waals surface area (Å²) in [5, 5.41) is 7.91. The highest BCUT2D eigenvalue weighted by Gasteiger charge is 2.53. The van der Waals surface area contributed by atoms with Crippen molar-refractivity contribution in [1.82, 2.24) is 14.9 Å². The summed E-state index contributed by atoms with van der Waals surface area (Å²) >= 11 is 0. The molecule has 42 heavy (non-hydrogen) atoms. The van der Waals surface area contributed by atoms with Crippen LogP contribution < -0.4 is 14.4 Å². The lowest BCUT2D eigenvalue weighted by Gasteiger charge is -2.32. The minimum atomic E-state index is -4.93. The summed E-state index contributed by atoms with van der Waals surface area (Å²) < 4.78 is 67.2. The minimum Gasteiger partial charge on any atom is -0.406 e. The second-order valence-corrected chi connectivity index (χ2v) is 12.6. The van der Waals surface area contributed by atoms with E-state index in [1.807, 2.05) is 26.8 Å². The van der Waals surface area contributed by atoms with E-state index >= 15 is 0 Å². The van der Waals surface area contributed by atoms with Crippen LogP contribution in [0.25, 0.3) is 0 Å². The van der Waals surface area contributed by atoms with Crippen LogP contribution in [-0.4, -0.2) is 48.7 Å². The summed E-state index contributed by atoms with van der Waals surface area (Å²) in [7, 11) is -3.52. The highest BCUT2D eigenvalue weighted by molar-refractivity contribution is 7.88. The molecule has 0 radical (unpaired) electrons. The number of carbonyl (C=O) groups excluding carboxylic acids is 3. The van der Waals surface area contributed by atoms with Gasteiger partial charge in [0.05, 0.1) is 24.5 Å². The van der Waals surface area contributed by atoms with Crippen LogP contribution in [0.5, 0.6) is 5.75 Å². The van der Waals surface area contributed by atoms with Gasteiger partial charge in [0.15, 0.2) is 11.6 Å². The maximum Gasteiger partial charge on any atom is 0.573 e. The largest absolute Gasteiger partial charge is 0.573 e. The predicted molar refractivity (Wildman–Crippen MR) is 145 cm³/mol. The number of nitrogens with zero attached hydrogens (tertiary/aromatic N) is 3. The smallest absolute Gasteiger partial charge is 0.406 e. The Bertz CT molecular complexity index is 1550. The number of halogens is 3. The summed E-state index contributed by atoms with van der Waals surface area (Å²) in [5.41, 5.74) is 0.448. The Labute approximate surface area is 240 Å². The summed E-state index contributed by atoms with van der Waals surface area (Å²) in [6, 6.07) is 6.01. The van der Waals surface area contributed by atoms with Crippen molar-refractivity contribution in [3.63, 3.8) is 0 Å². The number of carbonyl (C=O) groups is 3. The number of rotatable bonds is 9. The molecule has 1 aliphatic carbocycles. The Kier molecular flexibility index (Phi) is 8.43. The van der Waals surface area contributed by atoms with E-state index in [1.54, 1.807) is 12.2 Å². The molecule has 14 heteroatoms. The summed E-state index contributed by atoms with van der Waals surface area (Å²) in [6.45, 7) is 5.96. The highest BCUT2D eigenvalue weighted by Crippen LogP contribution is 2.43. The SMILES string of the molecule is CC(C)C1(C)C=CC(C(=O)C2C(=O)C(=O)N(c3ccc(CNS(C)(=O)=O)nn3)C2c2ccc(OC(F)(F)F)cc2)=CC1. The first-order chi connectivity index (χ1) is 19.5. The van der Waals surface area contributed by atoms with Gasteiger partial charge in [-0.2, -0.15) is 5.10 Å². The maximum absolute atomic E-state index is 13.8. The first-order valence-electron chi connectivity index (χ1n) is 12.9. The molecule has 2 aliphatic rings. The molecule has 0 spiro atoms. The Morgan fingerprint density at radius 1 is 1.14 bits per heavy atom. The van der Waals surface area contributed by atoms with Gasteiger partial charge in [0.1, 0.15) is 11.7 Å². The third-order valence-electron chi connectivity index (χ3n) is 7.52. The lowest BCUT2D eigenvalue weighted by Crippen LogP contribution is -2.32. The van der Waals surface area contributed by atoms with Gasteiger partial charge >= 0.3 is 6.36 Å². The van der Waals surface area contributed by atoms with Gasteiger partial charge < -0.3 is 4.74 Å². The minimum absolute atomic E-state index is 0.104. The van der Waals surface area contributed by atoms with Gasteiger partial charge in [0.2, 0.25) is 15.8 Å². The Balaban J connectivity index is 1.72. The number of hydrogen-bond donors (Lipinski definition) is 1. The number of allylic oxidation sites excluding steroid dienone is 4. The van der Waals surface area contributed by atoms with E-state index in [-0.39, 0.29) is 40.5 Å². The molecule has 1 fully saturated rings. The van der Waals surface area contributed by atoms with E-state index in [2.05, 4.69) is 19.7 Å². The van der Waals surface area contributed by atoms with Gasteiger partial charge in [-0.1, -0.05) is 51.1 Å².